The first-order chi connectivity index (χ1) is 10.2. The van der Waals surface area contributed by atoms with Crippen molar-refractivity contribution in [1.82, 2.24) is 4.98 Å². The van der Waals surface area contributed by atoms with Crippen LogP contribution in [0.4, 0.5) is 10.8 Å². The minimum Gasteiger partial charge on any atom is -0.497 e. The third-order valence-corrected chi connectivity index (χ3v) is 4.20. The summed E-state index contributed by atoms with van der Waals surface area (Å²) in [7, 11) is 1.62. The number of hydrogen-bond acceptors (Lipinski definition) is 5. The van der Waals surface area contributed by atoms with E-state index in [4.69, 9.17) is 22.7 Å². The second kappa shape index (κ2) is 5.67. The average molecular weight is 315 g/mol. The van der Waals surface area contributed by atoms with E-state index < -0.39 is 0 Å². The molecule has 3 N–H and O–H groups in total. The topological polar surface area (TPSA) is 60.2 Å². The van der Waals surface area contributed by atoms with Crippen molar-refractivity contribution in [1.29, 1.82) is 0 Å². The minimum atomic E-state index is 0.335. The number of thiazole rings is 1. The summed E-state index contributed by atoms with van der Waals surface area (Å²) in [6, 6.07) is 13.5. The van der Waals surface area contributed by atoms with Crippen molar-refractivity contribution in [2.75, 3.05) is 12.4 Å². The standard InChI is InChI=1S/C15H13N3OS2/c1-19-9-6-7-10(14(16)20)12(8-9)18-15-17-11-4-2-3-5-13(11)21-15/h2-8H,1H3,(H2,16,20)(H,17,18). The van der Waals surface area contributed by atoms with Gasteiger partial charge in [0.2, 0.25) is 0 Å². The number of anilines is 2. The zero-order valence-corrected chi connectivity index (χ0v) is 12.9. The molecule has 0 fully saturated rings. The van der Waals surface area contributed by atoms with Crippen molar-refractivity contribution >= 4 is 49.6 Å². The lowest BCUT2D eigenvalue weighted by Gasteiger charge is -2.10. The Bertz CT molecular complexity index is 781. The molecule has 2 aromatic carbocycles. The van der Waals surface area contributed by atoms with Crippen LogP contribution in [0.5, 0.6) is 5.75 Å². The highest BCUT2D eigenvalue weighted by molar-refractivity contribution is 7.80. The summed E-state index contributed by atoms with van der Waals surface area (Å²) >= 11 is 6.67. The molecule has 3 aromatic rings. The van der Waals surface area contributed by atoms with Crippen molar-refractivity contribution in [3.63, 3.8) is 0 Å². The zero-order valence-electron chi connectivity index (χ0n) is 11.3. The Morgan fingerprint density at radius 1 is 1.29 bits per heavy atom. The summed E-state index contributed by atoms with van der Waals surface area (Å²) in [5, 5.41) is 4.07. The molecule has 3 rings (SSSR count). The quantitative estimate of drug-likeness (QED) is 0.719. The molecule has 0 amide bonds. The van der Waals surface area contributed by atoms with E-state index in [0.717, 1.165) is 32.3 Å². The van der Waals surface area contributed by atoms with Crippen LogP contribution in [0, 0.1) is 0 Å². The molecule has 1 aromatic heterocycles. The number of aromatic nitrogens is 1. The molecule has 0 saturated carbocycles. The molecular weight excluding hydrogens is 302 g/mol. The number of methoxy groups -OCH3 is 1. The van der Waals surface area contributed by atoms with Crippen LogP contribution in [0.3, 0.4) is 0 Å². The SMILES string of the molecule is COc1ccc(C(N)=S)c(Nc2nc3ccccc3s2)c1. The molecule has 4 nitrogen and oxygen atoms in total. The van der Waals surface area contributed by atoms with Gasteiger partial charge in [-0.25, -0.2) is 4.98 Å². The van der Waals surface area contributed by atoms with Gasteiger partial charge in [0.05, 0.1) is 23.0 Å². The summed E-state index contributed by atoms with van der Waals surface area (Å²) in [4.78, 5) is 4.88. The molecule has 0 radical (unpaired) electrons. The Morgan fingerprint density at radius 3 is 2.81 bits per heavy atom. The third-order valence-electron chi connectivity index (χ3n) is 3.03. The summed E-state index contributed by atoms with van der Waals surface area (Å²) in [5.74, 6) is 0.735. The first kappa shape index (κ1) is 13.8. The van der Waals surface area contributed by atoms with E-state index in [1.165, 1.54) is 0 Å². The predicted molar refractivity (Wildman–Crippen MR) is 91.8 cm³/mol. The van der Waals surface area contributed by atoms with Crippen molar-refractivity contribution in [2.45, 2.75) is 0 Å². The molecule has 0 atom stereocenters. The van der Waals surface area contributed by atoms with Crippen LogP contribution in [0.15, 0.2) is 42.5 Å². The van der Waals surface area contributed by atoms with E-state index in [1.807, 2.05) is 42.5 Å². The van der Waals surface area contributed by atoms with Crippen LogP contribution < -0.4 is 15.8 Å². The number of nitrogens with one attached hydrogen (secondary N) is 1. The number of fused-ring (bicyclic) bond motifs is 1. The zero-order chi connectivity index (χ0) is 14.8. The number of rotatable bonds is 4. The summed E-state index contributed by atoms with van der Waals surface area (Å²) in [6.07, 6.45) is 0. The third kappa shape index (κ3) is 2.81. The van der Waals surface area contributed by atoms with Gasteiger partial charge in [-0.05, 0) is 24.3 Å². The maximum absolute atomic E-state index is 5.77. The van der Waals surface area contributed by atoms with Crippen LogP contribution in [0.1, 0.15) is 5.56 Å². The van der Waals surface area contributed by atoms with Crippen molar-refractivity contribution in [3.05, 3.63) is 48.0 Å². The molecular formula is C15H13N3OS2. The highest BCUT2D eigenvalue weighted by atomic mass is 32.1. The highest BCUT2D eigenvalue weighted by Crippen LogP contribution is 2.31. The van der Waals surface area contributed by atoms with Gasteiger partial charge in [-0.1, -0.05) is 35.7 Å². The number of benzene rings is 2. The fourth-order valence-electron chi connectivity index (χ4n) is 2.01. The Morgan fingerprint density at radius 2 is 2.10 bits per heavy atom. The Balaban J connectivity index is 2.01. The van der Waals surface area contributed by atoms with Gasteiger partial charge < -0.3 is 15.8 Å². The molecule has 0 bridgehead atoms. The molecule has 1 heterocycles. The summed E-state index contributed by atoms with van der Waals surface area (Å²) < 4.78 is 6.37. The molecule has 0 aliphatic heterocycles. The summed E-state index contributed by atoms with van der Waals surface area (Å²) in [5.41, 5.74) is 8.29. The van der Waals surface area contributed by atoms with E-state index in [0.29, 0.717) is 4.99 Å². The molecule has 6 heteroatoms. The van der Waals surface area contributed by atoms with Crippen LogP contribution in [-0.4, -0.2) is 17.1 Å². The largest absolute Gasteiger partial charge is 0.497 e. The Kier molecular flexibility index (Phi) is 3.72. The monoisotopic (exact) mass is 315 g/mol. The van der Waals surface area contributed by atoms with E-state index in [2.05, 4.69) is 10.3 Å². The second-order valence-corrected chi connectivity index (χ2v) is 5.86. The van der Waals surface area contributed by atoms with Crippen molar-refractivity contribution < 1.29 is 4.74 Å². The van der Waals surface area contributed by atoms with E-state index in [1.54, 1.807) is 18.4 Å². The maximum atomic E-state index is 5.77. The molecule has 0 saturated heterocycles. The van der Waals surface area contributed by atoms with Gasteiger partial charge in [-0.15, -0.1) is 0 Å². The number of para-hydroxylation sites is 1. The number of nitrogens with zero attached hydrogens (tertiary/aromatic N) is 1. The van der Waals surface area contributed by atoms with Gasteiger partial charge >= 0.3 is 0 Å². The van der Waals surface area contributed by atoms with Crippen molar-refractivity contribution in [3.8, 4) is 5.75 Å². The molecule has 0 aliphatic rings. The van der Waals surface area contributed by atoms with Gasteiger partial charge in [0.1, 0.15) is 10.7 Å². The predicted octanol–water partition coefficient (Wildman–Crippen LogP) is 3.68. The number of ether oxygens (including phenoxy) is 1. The van der Waals surface area contributed by atoms with Gasteiger partial charge in [0, 0.05) is 11.6 Å². The second-order valence-electron chi connectivity index (χ2n) is 4.39. The molecule has 0 aliphatic carbocycles. The number of nitrogens with two attached hydrogens (primary N) is 1. The fraction of sp³-hybridized carbons (Fsp3) is 0.0667. The average Bonchev–Trinajstić information content (AvgIpc) is 2.89. The van der Waals surface area contributed by atoms with E-state index in [-0.39, 0.29) is 0 Å². The fourth-order valence-corrected chi connectivity index (χ4v) is 3.07. The highest BCUT2D eigenvalue weighted by Gasteiger charge is 2.10. The maximum Gasteiger partial charge on any atom is 0.188 e. The van der Waals surface area contributed by atoms with Crippen LogP contribution >= 0.6 is 23.6 Å². The van der Waals surface area contributed by atoms with Crippen LogP contribution in [0.2, 0.25) is 0 Å². The number of hydrogen-bond donors (Lipinski definition) is 2. The van der Waals surface area contributed by atoms with Gasteiger partial charge in [0.25, 0.3) is 0 Å². The van der Waals surface area contributed by atoms with Gasteiger partial charge in [-0.2, -0.15) is 0 Å². The lowest BCUT2D eigenvalue weighted by atomic mass is 10.1. The first-order valence-electron chi connectivity index (χ1n) is 6.28. The van der Waals surface area contributed by atoms with E-state index in [9.17, 15) is 0 Å². The van der Waals surface area contributed by atoms with Gasteiger partial charge in [-0.3, -0.25) is 0 Å². The molecule has 0 unspecified atom stereocenters. The van der Waals surface area contributed by atoms with Crippen LogP contribution in [0.25, 0.3) is 10.2 Å². The molecule has 106 valence electrons. The van der Waals surface area contributed by atoms with E-state index >= 15 is 0 Å². The lowest BCUT2D eigenvalue weighted by molar-refractivity contribution is 0.415. The molecule has 0 spiro atoms. The Hall–Kier alpha value is -2.18. The summed E-state index contributed by atoms with van der Waals surface area (Å²) in [6.45, 7) is 0. The minimum absolute atomic E-state index is 0.335. The Labute approximate surface area is 131 Å². The van der Waals surface area contributed by atoms with Crippen molar-refractivity contribution in [2.24, 2.45) is 5.73 Å². The first-order valence-corrected chi connectivity index (χ1v) is 7.50. The van der Waals surface area contributed by atoms with Crippen LogP contribution in [-0.2, 0) is 0 Å². The normalized spacial score (nSPS) is 10.5. The molecule has 21 heavy (non-hydrogen) atoms. The smallest absolute Gasteiger partial charge is 0.188 e. The lowest BCUT2D eigenvalue weighted by Crippen LogP contribution is -2.12. The van der Waals surface area contributed by atoms with Gasteiger partial charge in [0.15, 0.2) is 5.13 Å². The number of thiocarbonyl (C=S) groups is 1.